The normalized spacial score (nSPS) is 29.5. The molecule has 0 bridgehead atoms. The van der Waals surface area contributed by atoms with Gasteiger partial charge in [-0.15, -0.1) is 0 Å². The molecule has 0 aliphatic carbocycles. The molecule has 2 fully saturated rings. The van der Waals surface area contributed by atoms with Crippen LogP contribution in [0.5, 0.6) is 0 Å². The summed E-state index contributed by atoms with van der Waals surface area (Å²) >= 11 is 1.92. The summed E-state index contributed by atoms with van der Waals surface area (Å²) in [6.45, 7) is 0.719. The Morgan fingerprint density at radius 3 is 3.25 bits per heavy atom. The van der Waals surface area contributed by atoms with Gasteiger partial charge in [0.25, 0.3) is 0 Å². The van der Waals surface area contributed by atoms with Crippen LogP contribution in [0.4, 0.5) is 11.4 Å². The molecule has 2 aliphatic rings. The second kappa shape index (κ2) is 5.57. The maximum Gasteiger partial charge on any atom is 0.310 e. The fourth-order valence-electron chi connectivity index (χ4n) is 2.89. The van der Waals surface area contributed by atoms with E-state index in [1.54, 1.807) is 12.3 Å². The Hall–Kier alpha value is -1.34. The molecule has 0 aromatic carbocycles. The highest BCUT2D eigenvalue weighted by molar-refractivity contribution is 7.99. The number of pyridine rings is 1. The number of hydrogen-bond acceptors (Lipinski definition) is 6. The Bertz CT molecular complexity index is 505. The molecule has 1 N–H and O–H groups in total. The van der Waals surface area contributed by atoms with Gasteiger partial charge in [0.15, 0.2) is 0 Å². The Morgan fingerprint density at radius 2 is 2.50 bits per heavy atom. The van der Waals surface area contributed by atoms with Gasteiger partial charge in [-0.25, -0.2) is 0 Å². The van der Waals surface area contributed by atoms with Crippen LogP contribution in [0.15, 0.2) is 18.5 Å². The van der Waals surface area contributed by atoms with Crippen molar-refractivity contribution in [3.05, 3.63) is 28.6 Å². The maximum absolute atomic E-state index is 11.0. The second-order valence-corrected chi connectivity index (χ2v) is 6.42. The van der Waals surface area contributed by atoms with E-state index in [1.807, 2.05) is 11.8 Å². The maximum atomic E-state index is 11.0. The quantitative estimate of drug-likeness (QED) is 0.682. The first-order chi connectivity index (χ1) is 9.69. The van der Waals surface area contributed by atoms with Crippen molar-refractivity contribution in [1.82, 2.24) is 4.98 Å². The molecule has 2 atom stereocenters. The van der Waals surface area contributed by atoms with Crippen LogP contribution in [0.1, 0.15) is 19.3 Å². The van der Waals surface area contributed by atoms with Crippen LogP contribution in [-0.2, 0) is 4.74 Å². The van der Waals surface area contributed by atoms with E-state index >= 15 is 0 Å². The molecule has 0 amide bonds. The highest BCUT2D eigenvalue weighted by Crippen LogP contribution is 2.39. The van der Waals surface area contributed by atoms with Gasteiger partial charge < -0.3 is 10.1 Å². The van der Waals surface area contributed by atoms with Crippen LogP contribution in [0.25, 0.3) is 0 Å². The third-order valence-electron chi connectivity index (χ3n) is 3.92. The molecule has 1 aromatic rings. The summed E-state index contributed by atoms with van der Waals surface area (Å²) in [5.74, 6) is 2.17. The molecule has 0 saturated carbocycles. The van der Waals surface area contributed by atoms with Crippen LogP contribution in [0.3, 0.4) is 0 Å². The zero-order valence-corrected chi connectivity index (χ0v) is 11.9. The van der Waals surface area contributed by atoms with Gasteiger partial charge in [0.1, 0.15) is 11.9 Å². The van der Waals surface area contributed by atoms with E-state index in [9.17, 15) is 10.1 Å². The van der Waals surface area contributed by atoms with E-state index in [0.29, 0.717) is 5.69 Å². The molecule has 6 nitrogen and oxygen atoms in total. The van der Waals surface area contributed by atoms with E-state index in [1.165, 1.54) is 6.20 Å². The molecule has 2 unspecified atom stereocenters. The first-order valence-electron chi connectivity index (χ1n) is 6.75. The molecule has 1 aromatic heterocycles. The zero-order chi connectivity index (χ0) is 14.0. The molecule has 1 spiro atoms. The van der Waals surface area contributed by atoms with Crippen LogP contribution >= 0.6 is 11.8 Å². The lowest BCUT2D eigenvalue weighted by molar-refractivity contribution is -0.384. The minimum absolute atomic E-state index is 0.0254. The third-order valence-corrected chi connectivity index (χ3v) is 5.14. The molecule has 3 heterocycles. The highest BCUT2D eigenvalue weighted by Gasteiger charge is 2.40. The Labute approximate surface area is 121 Å². The molecule has 108 valence electrons. The van der Waals surface area contributed by atoms with E-state index in [2.05, 4.69) is 10.3 Å². The molecule has 3 rings (SSSR count). The smallest absolute Gasteiger partial charge is 0.310 e. The molecule has 2 saturated heterocycles. The number of aromatic nitrogens is 1. The van der Waals surface area contributed by atoms with E-state index in [-0.39, 0.29) is 17.3 Å². The summed E-state index contributed by atoms with van der Waals surface area (Å²) < 4.78 is 5.96. The average Bonchev–Trinajstić information content (AvgIpc) is 2.87. The Morgan fingerprint density at radius 1 is 1.60 bits per heavy atom. The summed E-state index contributed by atoms with van der Waals surface area (Å²) in [6, 6.07) is 1.90. The molecular formula is C13H17N3O3S. The van der Waals surface area contributed by atoms with Crippen molar-refractivity contribution in [2.24, 2.45) is 0 Å². The fourth-order valence-corrected chi connectivity index (χ4v) is 4.27. The fraction of sp³-hybridized carbons (Fsp3) is 0.615. The van der Waals surface area contributed by atoms with Gasteiger partial charge in [-0.1, -0.05) is 0 Å². The van der Waals surface area contributed by atoms with Crippen molar-refractivity contribution >= 4 is 23.1 Å². The number of nitrogens with one attached hydrogen (secondary N) is 1. The van der Waals surface area contributed by atoms with Crippen LogP contribution < -0.4 is 5.32 Å². The van der Waals surface area contributed by atoms with Gasteiger partial charge in [0.05, 0.1) is 10.5 Å². The molecule has 7 heteroatoms. The first-order valence-corrected chi connectivity index (χ1v) is 7.91. The van der Waals surface area contributed by atoms with E-state index in [0.717, 1.165) is 37.4 Å². The highest BCUT2D eigenvalue weighted by atomic mass is 32.2. The number of ether oxygens (including phenoxy) is 1. The van der Waals surface area contributed by atoms with Crippen molar-refractivity contribution in [3.63, 3.8) is 0 Å². The molecule has 2 aliphatic heterocycles. The lowest BCUT2D eigenvalue weighted by atomic mass is 9.90. The summed E-state index contributed by atoms with van der Waals surface area (Å²) in [5.41, 5.74) is 0.564. The lowest BCUT2D eigenvalue weighted by Gasteiger charge is -2.38. The average molecular weight is 295 g/mol. The number of thioether (sulfide) groups is 1. The number of nitrogens with zero attached hydrogens (tertiary/aromatic N) is 2. The SMILES string of the molecule is O=[N+]([O-])c1cnccc1NC1CCOC2(CCSC2)C1. The van der Waals surface area contributed by atoms with Crippen molar-refractivity contribution < 1.29 is 9.66 Å². The number of rotatable bonds is 3. The second-order valence-electron chi connectivity index (χ2n) is 5.32. The Kier molecular flexibility index (Phi) is 3.80. The largest absolute Gasteiger partial charge is 0.376 e. The van der Waals surface area contributed by atoms with Gasteiger partial charge in [-0.3, -0.25) is 15.1 Å². The third kappa shape index (κ3) is 2.73. The zero-order valence-electron chi connectivity index (χ0n) is 11.1. The molecule has 0 radical (unpaired) electrons. The number of anilines is 1. The van der Waals surface area contributed by atoms with Crippen molar-refractivity contribution in [3.8, 4) is 0 Å². The lowest BCUT2D eigenvalue weighted by Crippen LogP contribution is -2.44. The minimum atomic E-state index is -0.393. The van der Waals surface area contributed by atoms with E-state index in [4.69, 9.17) is 4.74 Å². The van der Waals surface area contributed by atoms with Gasteiger partial charge >= 0.3 is 5.69 Å². The van der Waals surface area contributed by atoms with Gasteiger partial charge in [0, 0.05) is 24.6 Å². The standard InChI is InChI=1S/C13H17N3O3S/c17-16(18)12-8-14-4-1-11(12)15-10-2-5-19-13(7-10)3-6-20-9-13/h1,4,8,10H,2-3,5-7,9H2,(H,14,15). The summed E-state index contributed by atoms with van der Waals surface area (Å²) in [6.07, 6.45) is 5.75. The molecule has 20 heavy (non-hydrogen) atoms. The van der Waals surface area contributed by atoms with Gasteiger partial charge in [0.2, 0.25) is 0 Å². The van der Waals surface area contributed by atoms with Gasteiger partial charge in [-0.2, -0.15) is 11.8 Å². The predicted octanol–water partition coefficient (Wildman–Crippen LogP) is 2.46. The van der Waals surface area contributed by atoms with Crippen LogP contribution in [-0.4, -0.2) is 39.7 Å². The first kappa shape index (κ1) is 13.6. The van der Waals surface area contributed by atoms with Crippen LogP contribution in [0.2, 0.25) is 0 Å². The van der Waals surface area contributed by atoms with Gasteiger partial charge in [-0.05, 0) is 31.1 Å². The Balaban J connectivity index is 1.73. The van der Waals surface area contributed by atoms with Crippen molar-refractivity contribution in [2.45, 2.75) is 30.9 Å². The molecular weight excluding hydrogens is 278 g/mol. The number of hydrogen-bond donors (Lipinski definition) is 1. The summed E-state index contributed by atoms with van der Waals surface area (Å²) in [5, 5.41) is 14.3. The van der Waals surface area contributed by atoms with E-state index < -0.39 is 4.92 Å². The van der Waals surface area contributed by atoms with Crippen molar-refractivity contribution in [1.29, 1.82) is 0 Å². The summed E-state index contributed by atoms with van der Waals surface area (Å²) in [4.78, 5) is 14.4. The topological polar surface area (TPSA) is 77.3 Å². The number of nitro groups is 1. The monoisotopic (exact) mass is 295 g/mol. The van der Waals surface area contributed by atoms with Crippen molar-refractivity contribution in [2.75, 3.05) is 23.4 Å². The minimum Gasteiger partial charge on any atom is -0.376 e. The summed E-state index contributed by atoms with van der Waals surface area (Å²) in [7, 11) is 0. The van der Waals surface area contributed by atoms with Crippen LogP contribution in [0, 0.1) is 10.1 Å². The predicted molar refractivity (Wildman–Crippen MR) is 78.2 cm³/mol.